The second-order valence-corrected chi connectivity index (χ2v) is 11.5. The largest absolute Gasteiger partial charge is 0.416 e. The molecule has 1 atom stereocenters. The molecule has 10 heteroatoms. The van der Waals surface area contributed by atoms with Crippen LogP contribution in [0.3, 0.4) is 0 Å². The fourth-order valence-electron chi connectivity index (χ4n) is 4.17. The van der Waals surface area contributed by atoms with Gasteiger partial charge < -0.3 is 14.6 Å². The molecule has 1 fully saturated rings. The fraction of sp³-hybridized carbons (Fsp3) is 0.407. The summed E-state index contributed by atoms with van der Waals surface area (Å²) in [5.74, 6) is 0. The molecule has 1 aliphatic heterocycles. The predicted octanol–water partition coefficient (Wildman–Crippen LogP) is 5.46. The Bertz CT molecular complexity index is 1170. The van der Waals surface area contributed by atoms with Crippen LogP contribution in [0.15, 0.2) is 67.3 Å². The molecule has 0 amide bonds. The number of halogens is 3. The predicted molar refractivity (Wildman–Crippen MR) is 137 cm³/mol. The minimum atomic E-state index is -4.46. The van der Waals surface area contributed by atoms with Crippen molar-refractivity contribution in [3.05, 3.63) is 89.5 Å². The van der Waals surface area contributed by atoms with E-state index in [4.69, 9.17) is 9.47 Å². The Balaban J connectivity index is 1.47. The average Bonchev–Trinajstić information content (AvgIpc) is 3.37. The number of aliphatic hydroxyl groups is 1. The van der Waals surface area contributed by atoms with Crippen LogP contribution in [-0.4, -0.2) is 49.4 Å². The van der Waals surface area contributed by atoms with E-state index in [1.807, 2.05) is 57.2 Å². The van der Waals surface area contributed by atoms with Crippen molar-refractivity contribution in [1.82, 2.24) is 14.8 Å². The maximum Gasteiger partial charge on any atom is 0.416 e. The molecule has 1 aliphatic rings. The number of aryl methyl sites for hydroxylation is 1. The molecule has 2 heterocycles. The zero-order valence-corrected chi connectivity index (χ0v) is 21.7. The van der Waals surface area contributed by atoms with Crippen LogP contribution in [-0.2, 0) is 27.8 Å². The van der Waals surface area contributed by atoms with Gasteiger partial charge in [-0.1, -0.05) is 48.0 Å². The van der Waals surface area contributed by atoms with E-state index in [-0.39, 0.29) is 11.8 Å². The van der Waals surface area contributed by atoms with Gasteiger partial charge in [-0.3, -0.25) is 0 Å². The van der Waals surface area contributed by atoms with Gasteiger partial charge in [0, 0.05) is 4.75 Å². The molecule has 4 rings (SSSR count). The summed E-state index contributed by atoms with van der Waals surface area (Å²) in [7, 11) is 0. The van der Waals surface area contributed by atoms with Gasteiger partial charge in [-0.2, -0.15) is 18.3 Å². The molecular weight excluding hydrogens is 503 g/mol. The quantitative estimate of drug-likeness (QED) is 0.415. The van der Waals surface area contributed by atoms with Crippen LogP contribution in [0.25, 0.3) is 6.08 Å². The number of ether oxygens (including phenoxy) is 2. The highest BCUT2D eigenvalue weighted by atomic mass is 32.2. The molecule has 1 N–H and O–H groups in total. The smallest absolute Gasteiger partial charge is 0.382 e. The monoisotopic (exact) mass is 533 g/mol. The lowest BCUT2D eigenvalue weighted by Gasteiger charge is -2.45. The van der Waals surface area contributed by atoms with Crippen LogP contribution in [0.4, 0.5) is 13.2 Å². The van der Waals surface area contributed by atoms with Gasteiger partial charge in [0.05, 0.1) is 30.6 Å². The molecule has 0 radical (unpaired) electrons. The van der Waals surface area contributed by atoms with Crippen molar-refractivity contribution in [2.24, 2.45) is 0 Å². The first kappa shape index (κ1) is 27.4. The number of rotatable bonds is 8. The second-order valence-electron chi connectivity index (χ2n) is 9.58. The summed E-state index contributed by atoms with van der Waals surface area (Å²) >= 11 is 1.47. The third kappa shape index (κ3) is 6.62. The number of thioether (sulfide) groups is 1. The lowest BCUT2D eigenvalue weighted by atomic mass is 9.82. The van der Waals surface area contributed by atoms with Crippen LogP contribution in [0.1, 0.15) is 36.1 Å². The molecule has 0 bridgehead atoms. The van der Waals surface area contributed by atoms with Gasteiger partial charge in [0.15, 0.2) is 6.29 Å². The molecule has 0 saturated carbocycles. The molecule has 1 aromatic heterocycles. The summed E-state index contributed by atoms with van der Waals surface area (Å²) in [5.41, 5.74) is 0.237. The van der Waals surface area contributed by atoms with Crippen LogP contribution < -0.4 is 0 Å². The highest BCUT2D eigenvalue weighted by molar-refractivity contribution is 8.01. The van der Waals surface area contributed by atoms with Crippen LogP contribution >= 0.6 is 11.8 Å². The highest BCUT2D eigenvalue weighted by Gasteiger charge is 2.48. The Morgan fingerprint density at radius 1 is 1.03 bits per heavy atom. The van der Waals surface area contributed by atoms with Gasteiger partial charge >= 0.3 is 6.18 Å². The SMILES string of the molecule is Cc1ccc(/C=C/C2OCC(SC(C)(C)C(O)(Cn3cncn3)c3ccc(C(F)(F)F)cc3)CO2)cc1. The minimum Gasteiger partial charge on any atom is -0.382 e. The summed E-state index contributed by atoms with van der Waals surface area (Å²) in [4.78, 5) is 3.93. The Hall–Kier alpha value is -2.66. The number of benzene rings is 2. The zero-order chi connectivity index (χ0) is 26.7. The first-order chi connectivity index (χ1) is 17.5. The maximum absolute atomic E-state index is 13.1. The minimum absolute atomic E-state index is 0.00864. The second kappa shape index (κ2) is 11.0. The van der Waals surface area contributed by atoms with Gasteiger partial charge in [-0.25, -0.2) is 9.67 Å². The summed E-state index contributed by atoms with van der Waals surface area (Å²) < 4.78 is 51.8. The van der Waals surface area contributed by atoms with E-state index < -0.39 is 28.4 Å². The van der Waals surface area contributed by atoms with Crippen molar-refractivity contribution in [1.29, 1.82) is 0 Å². The van der Waals surface area contributed by atoms with Crippen molar-refractivity contribution in [2.75, 3.05) is 13.2 Å². The van der Waals surface area contributed by atoms with Crippen molar-refractivity contribution in [3.63, 3.8) is 0 Å². The molecule has 37 heavy (non-hydrogen) atoms. The molecule has 3 aromatic rings. The van der Waals surface area contributed by atoms with E-state index in [1.54, 1.807) is 0 Å². The van der Waals surface area contributed by atoms with E-state index in [1.165, 1.54) is 46.8 Å². The number of hydrogen-bond donors (Lipinski definition) is 1. The van der Waals surface area contributed by atoms with Crippen molar-refractivity contribution in [3.8, 4) is 0 Å². The summed E-state index contributed by atoms with van der Waals surface area (Å²) in [6.07, 6.45) is 1.68. The van der Waals surface area contributed by atoms with Crippen LogP contribution in [0, 0.1) is 6.92 Å². The standard InChI is InChI=1S/C27H30F3N3O3S/c1-19-4-6-20(7-5-19)8-13-24-35-14-23(15-36-24)37-25(2,3)26(34,16-33-18-31-17-32-33)21-9-11-22(12-10-21)27(28,29)30/h4-13,17-18,23-24,34H,14-16H2,1-3H3/b13-8+. The van der Waals surface area contributed by atoms with Gasteiger partial charge in [0.1, 0.15) is 18.3 Å². The number of nitrogens with zero attached hydrogens (tertiary/aromatic N) is 3. The van der Waals surface area contributed by atoms with E-state index in [9.17, 15) is 18.3 Å². The lowest BCUT2D eigenvalue weighted by molar-refractivity contribution is -0.146. The van der Waals surface area contributed by atoms with E-state index in [0.717, 1.165) is 17.7 Å². The molecule has 1 saturated heterocycles. The molecular formula is C27H30F3N3O3S. The Kier molecular flexibility index (Phi) is 8.13. The van der Waals surface area contributed by atoms with Crippen LogP contribution in [0.2, 0.25) is 0 Å². The average molecular weight is 534 g/mol. The maximum atomic E-state index is 13.1. The molecule has 0 aliphatic carbocycles. The van der Waals surface area contributed by atoms with Crippen molar-refractivity contribution < 1.29 is 27.8 Å². The molecule has 6 nitrogen and oxygen atoms in total. The third-order valence-corrected chi connectivity index (χ3v) is 7.95. The molecule has 2 aromatic carbocycles. The number of alkyl halides is 3. The first-order valence-corrected chi connectivity index (χ1v) is 12.7. The zero-order valence-electron chi connectivity index (χ0n) is 20.9. The van der Waals surface area contributed by atoms with E-state index >= 15 is 0 Å². The summed E-state index contributed by atoms with van der Waals surface area (Å²) in [5, 5.41) is 16.0. The van der Waals surface area contributed by atoms with Gasteiger partial charge in [-0.05, 0) is 50.1 Å². The summed E-state index contributed by atoms with van der Waals surface area (Å²) in [6, 6.07) is 12.7. The molecule has 198 valence electrons. The van der Waals surface area contributed by atoms with Crippen molar-refractivity contribution in [2.45, 2.75) is 55.4 Å². The Morgan fingerprint density at radius 2 is 1.65 bits per heavy atom. The molecule has 1 unspecified atom stereocenters. The van der Waals surface area contributed by atoms with Gasteiger partial charge in [0.2, 0.25) is 0 Å². The number of hydrogen-bond acceptors (Lipinski definition) is 6. The Morgan fingerprint density at radius 3 is 2.22 bits per heavy atom. The third-order valence-electron chi connectivity index (χ3n) is 6.42. The van der Waals surface area contributed by atoms with Crippen LogP contribution in [0.5, 0.6) is 0 Å². The summed E-state index contributed by atoms with van der Waals surface area (Å²) in [6.45, 7) is 6.54. The molecule has 0 spiro atoms. The topological polar surface area (TPSA) is 69.4 Å². The lowest BCUT2D eigenvalue weighted by Crippen LogP contribution is -2.50. The van der Waals surface area contributed by atoms with E-state index in [0.29, 0.717) is 18.8 Å². The Labute approximate surface area is 218 Å². The van der Waals surface area contributed by atoms with Gasteiger partial charge in [-0.15, -0.1) is 11.8 Å². The highest BCUT2D eigenvalue weighted by Crippen LogP contribution is 2.46. The fourth-order valence-corrected chi connectivity index (χ4v) is 5.68. The van der Waals surface area contributed by atoms with Crippen molar-refractivity contribution >= 4 is 17.8 Å². The van der Waals surface area contributed by atoms with Gasteiger partial charge in [0.25, 0.3) is 0 Å². The normalized spacial score (nSPS) is 20.7. The number of aromatic nitrogens is 3. The van der Waals surface area contributed by atoms with E-state index in [2.05, 4.69) is 10.1 Å². The first-order valence-electron chi connectivity index (χ1n) is 11.8.